The monoisotopic (exact) mass is 157 g/mol. The van der Waals surface area contributed by atoms with Crippen LogP contribution >= 0.6 is 0 Å². The first kappa shape index (κ1) is 8.40. The first-order chi connectivity index (χ1) is 5.11. The van der Waals surface area contributed by atoms with E-state index in [2.05, 4.69) is 11.9 Å². The fraction of sp³-hybridized carbons (Fsp3) is 0.625. The van der Waals surface area contributed by atoms with Crippen molar-refractivity contribution >= 4 is 5.78 Å². The molecule has 0 aromatic carbocycles. The molecule has 1 N–H and O–H groups in total. The van der Waals surface area contributed by atoms with Gasteiger partial charge in [-0.05, 0) is 12.5 Å². The third-order valence-electron chi connectivity index (χ3n) is 1.81. The molecule has 0 aromatic rings. The zero-order valence-corrected chi connectivity index (χ0v) is 6.56. The highest BCUT2D eigenvalue weighted by molar-refractivity contribution is 5.98. The van der Waals surface area contributed by atoms with E-state index >= 15 is 0 Å². The highest BCUT2D eigenvalue weighted by atomic mass is 19.1. The van der Waals surface area contributed by atoms with Crippen molar-refractivity contribution in [2.45, 2.75) is 25.6 Å². The maximum absolute atomic E-state index is 12.6. The number of nitrogens with one attached hydrogen (secondary N) is 1. The van der Waals surface area contributed by atoms with Crippen molar-refractivity contribution < 1.29 is 9.18 Å². The summed E-state index contributed by atoms with van der Waals surface area (Å²) in [7, 11) is 0. The molecule has 0 bridgehead atoms. The summed E-state index contributed by atoms with van der Waals surface area (Å²) in [5, 5.41) is 2.80. The minimum Gasteiger partial charge on any atom is -0.304 e. The van der Waals surface area contributed by atoms with Crippen LogP contribution in [0.3, 0.4) is 0 Å². The summed E-state index contributed by atoms with van der Waals surface area (Å²) in [6.07, 6.45) is -0.575. The van der Waals surface area contributed by atoms with Gasteiger partial charge in [-0.25, -0.2) is 4.39 Å². The summed E-state index contributed by atoms with van der Waals surface area (Å²) in [4.78, 5) is 11.2. The largest absolute Gasteiger partial charge is 0.304 e. The quantitative estimate of drug-likeness (QED) is 0.601. The lowest BCUT2D eigenvalue weighted by atomic mass is 10.1. The van der Waals surface area contributed by atoms with Gasteiger partial charge in [0.25, 0.3) is 0 Å². The third-order valence-corrected chi connectivity index (χ3v) is 1.81. The van der Waals surface area contributed by atoms with Crippen LogP contribution in [0, 0.1) is 0 Å². The van der Waals surface area contributed by atoms with Gasteiger partial charge in [0.05, 0.1) is 6.04 Å². The average Bonchev–Trinajstić information content (AvgIpc) is 2.34. The topological polar surface area (TPSA) is 29.1 Å². The molecule has 0 amide bonds. The summed E-state index contributed by atoms with van der Waals surface area (Å²) in [6.45, 7) is 5.46. The zero-order valence-electron chi connectivity index (χ0n) is 6.56. The Hall–Kier alpha value is -0.700. The van der Waals surface area contributed by atoms with E-state index in [-0.39, 0.29) is 11.8 Å². The predicted octanol–water partition coefficient (Wildman–Crippen LogP) is 0.832. The molecular weight excluding hydrogens is 145 g/mol. The Morgan fingerprint density at radius 1 is 1.73 bits per heavy atom. The molecule has 2 atom stereocenters. The van der Waals surface area contributed by atoms with E-state index in [1.165, 1.54) is 0 Å². The van der Waals surface area contributed by atoms with Gasteiger partial charge in [-0.3, -0.25) is 4.79 Å². The first-order valence-electron chi connectivity index (χ1n) is 3.68. The normalized spacial score (nSPS) is 30.4. The molecule has 0 aromatic heterocycles. The lowest BCUT2D eigenvalue weighted by Gasteiger charge is -2.06. The van der Waals surface area contributed by atoms with Crippen molar-refractivity contribution in [2.24, 2.45) is 0 Å². The van der Waals surface area contributed by atoms with Crippen LogP contribution < -0.4 is 5.32 Å². The molecule has 1 aliphatic rings. The number of Topliss-reactive ketones (excluding diaryl/α,β-unsaturated/α-hetero) is 1. The molecular formula is C8H12FNO. The SMILES string of the molecule is C=C(C)C(=O)C1CC(F)CN1. The Morgan fingerprint density at radius 2 is 2.36 bits per heavy atom. The number of carbonyl (C=O) groups is 1. The Kier molecular flexibility index (Phi) is 2.39. The van der Waals surface area contributed by atoms with Crippen LogP contribution in [-0.4, -0.2) is 24.5 Å². The van der Waals surface area contributed by atoms with Crippen molar-refractivity contribution in [1.82, 2.24) is 5.32 Å². The maximum Gasteiger partial charge on any atom is 0.174 e. The van der Waals surface area contributed by atoms with Gasteiger partial charge in [-0.1, -0.05) is 6.58 Å². The average molecular weight is 157 g/mol. The fourth-order valence-corrected chi connectivity index (χ4v) is 1.19. The van der Waals surface area contributed by atoms with Gasteiger partial charge in [-0.15, -0.1) is 0 Å². The standard InChI is InChI=1S/C8H12FNO/c1-5(2)8(11)7-3-6(9)4-10-7/h6-7,10H,1,3-4H2,2H3. The number of hydrogen-bond acceptors (Lipinski definition) is 2. The van der Waals surface area contributed by atoms with Crippen LogP contribution in [0.4, 0.5) is 4.39 Å². The molecule has 62 valence electrons. The van der Waals surface area contributed by atoms with Crippen LogP contribution in [-0.2, 0) is 4.79 Å². The van der Waals surface area contributed by atoms with Gasteiger partial charge in [0, 0.05) is 13.0 Å². The number of alkyl halides is 1. The smallest absolute Gasteiger partial charge is 0.174 e. The van der Waals surface area contributed by atoms with Crippen LogP contribution in [0.1, 0.15) is 13.3 Å². The highest BCUT2D eigenvalue weighted by Crippen LogP contribution is 2.12. The molecule has 0 aliphatic carbocycles. The molecule has 1 saturated heterocycles. The first-order valence-corrected chi connectivity index (χ1v) is 3.68. The van der Waals surface area contributed by atoms with Gasteiger partial charge in [0.15, 0.2) is 5.78 Å². The zero-order chi connectivity index (χ0) is 8.43. The molecule has 0 spiro atoms. The van der Waals surface area contributed by atoms with E-state index in [0.717, 1.165) is 0 Å². The van der Waals surface area contributed by atoms with Crippen LogP contribution in [0.2, 0.25) is 0 Å². The summed E-state index contributed by atoms with van der Waals surface area (Å²) >= 11 is 0. The van der Waals surface area contributed by atoms with Gasteiger partial charge >= 0.3 is 0 Å². The lowest BCUT2D eigenvalue weighted by molar-refractivity contribution is -0.117. The fourth-order valence-electron chi connectivity index (χ4n) is 1.19. The second-order valence-electron chi connectivity index (χ2n) is 2.94. The molecule has 2 nitrogen and oxygen atoms in total. The minimum absolute atomic E-state index is 0.0647. The molecule has 1 heterocycles. The molecule has 2 unspecified atom stereocenters. The van der Waals surface area contributed by atoms with Crippen molar-refractivity contribution in [3.05, 3.63) is 12.2 Å². The number of ketones is 1. The Labute approximate surface area is 65.5 Å². The summed E-state index contributed by atoms with van der Waals surface area (Å²) < 4.78 is 12.6. The van der Waals surface area contributed by atoms with E-state index in [1.807, 2.05) is 0 Å². The number of hydrogen-bond donors (Lipinski definition) is 1. The van der Waals surface area contributed by atoms with E-state index in [9.17, 15) is 9.18 Å². The van der Waals surface area contributed by atoms with E-state index in [4.69, 9.17) is 0 Å². The van der Waals surface area contributed by atoms with E-state index < -0.39 is 6.17 Å². The maximum atomic E-state index is 12.6. The van der Waals surface area contributed by atoms with Gasteiger partial charge < -0.3 is 5.32 Å². The predicted molar refractivity (Wildman–Crippen MR) is 41.1 cm³/mol. The molecule has 1 fully saturated rings. The second kappa shape index (κ2) is 3.13. The van der Waals surface area contributed by atoms with Crippen LogP contribution in [0.15, 0.2) is 12.2 Å². The summed E-state index contributed by atoms with van der Waals surface area (Å²) in [5.41, 5.74) is 0.497. The Bertz CT molecular complexity index is 191. The molecule has 0 saturated carbocycles. The van der Waals surface area contributed by atoms with Crippen molar-refractivity contribution in [2.75, 3.05) is 6.54 Å². The molecule has 1 rings (SSSR count). The Balaban J connectivity index is 2.50. The van der Waals surface area contributed by atoms with Gasteiger partial charge in [0.1, 0.15) is 6.17 Å². The number of carbonyl (C=O) groups excluding carboxylic acids is 1. The Morgan fingerprint density at radius 3 is 2.73 bits per heavy atom. The van der Waals surface area contributed by atoms with Crippen molar-refractivity contribution in [3.63, 3.8) is 0 Å². The minimum atomic E-state index is -0.872. The molecule has 11 heavy (non-hydrogen) atoms. The van der Waals surface area contributed by atoms with Crippen LogP contribution in [0.25, 0.3) is 0 Å². The van der Waals surface area contributed by atoms with E-state index in [0.29, 0.717) is 18.5 Å². The van der Waals surface area contributed by atoms with E-state index in [1.54, 1.807) is 6.92 Å². The van der Waals surface area contributed by atoms with Gasteiger partial charge in [0.2, 0.25) is 0 Å². The number of halogens is 1. The van der Waals surface area contributed by atoms with Crippen LogP contribution in [0.5, 0.6) is 0 Å². The summed E-state index contributed by atoms with van der Waals surface area (Å²) in [6, 6.07) is -0.331. The molecule has 3 heteroatoms. The lowest BCUT2D eigenvalue weighted by Crippen LogP contribution is -2.30. The number of rotatable bonds is 2. The second-order valence-corrected chi connectivity index (χ2v) is 2.94. The third kappa shape index (κ3) is 1.87. The van der Waals surface area contributed by atoms with Crippen molar-refractivity contribution in [3.8, 4) is 0 Å². The van der Waals surface area contributed by atoms with Gasteiger partial charge in [-0.2, -0.15) is 0 Å². The molecule has 1 aliphatic heterocycles. The highest BCUT2D eigenvalue weighted by Gasteiger charge is 2.28. The summed E-state index contributed by atoms with van der Waals surface area (Å²) in [5.74, 6) is -0.0647. The van der Waals surface area contributed by atoms with Crippen molar-refractivity contribution in [1.29, 1.82) is 0 Å². The molecule has 0 radical (unpaired) electrons.